The van der Waals surface area contributed by atoms with Gasteiger partial charge >= 0.3 is 0 Å². The second kappa shape index (κ2) is 11.5. The summed E-state index contributed by atoms with van der Waals surface area (Å²) in [6, 6.07) is 11.3. The quantitative estimate of drug-likeness (QED) is 0.424. The number of methoxy groups -OCH3 is 4. The molecule has 176 valence electrons. The molecule has 0 aliphatic carbocycles. The molecular formula is C23H28N4O5S. The number of carbonyl (C=O) groups excluding carboxylic acids is 1. The van der Waals surface area contributed by atoms with E-state index in [0.29, 0.717) is 41.3 Å². The van der Waals surface area contributed by atoms with Crippen LogP contribution in [0.2, 0.25) is 0 Å². The Morgan fingerprint density at radius 1 is 0.970 bits per heavy atom. The van der Waals surface area contributed by atoms with Crippen LogP contribution in [0.5, 0.6) is 23.0 Å². The Morgan fingerprint density at radius 3 is 2.24 bits per heavy atom. The Hall–Kier alpha value is -3.40. The van der Waals surface area contributed by atoms with Crippen LogP contribution >= 0.6 is 11.8 Å². The minimum absolute atomic E-state index is 0.127. The highest BCUT2D eigenvalue weighted by Crippen LogP contribution is 2.38. The molecule has 0 aliphatic heterocycles. The van der Waals surface area contributed by atoms with Gasteiger partial charge in [0.2, 0.25) is 11.7 Å². The predicted octanol–water partition coefficient (Wildman–Crippen LogP) is 3.41. The molecule has 0 radical (unpaired) electrons. The maximum atomic E-state index is 12.5. The minimum atomic E-state index is -0.127. The van der Waals surface area contributed by atoms with Crippen LogP contribution < -0.4 is 24.3 Å². The number of rotatable bonds is 11. The number of nitrogens with one attached hydrogen (secondary N) is 1. The van der Waals surface area contributed by atoms with Gasteiger partial charge in [-0.15, -0.1) is 10.2 Å². The first-order valence-electron chi connectivity index (χ1n) is 10.3. The van der Waals surface area contributed by atoms with Gasteiger partial charge in [-0.2, -0.15) is 0 Å². The summed E-state index contributed by atoms with van der Waals surface area (Å²) >= 11 is 1.33. The lowest BCUT2D eigenvalue weighted by molar-refractivity contribution is -0.118. The van der Waals surface area contributed by atoms with Crippen molar-refractivity contribution in [1.82, 2.24) is 20.1 Å². The summed E-state index contributed by atoms with van der Waals surface area (Å²) < 4.78 is 23.5. The van der Waals surface area contributed by atoms with Crippen molar-refractivity contribution in [3.8, 4) is 34.4 Å². The molecule has 0 fully saturated rings. The molecule has 1 aromatic heterocycles. The van der Waals surface area contributed by atoms with Crippen molar-refractivity contribution < 1.29 is 23.7 Å². The van der Waals surface area contributed by atoms with Crippen LogP contribution in [-0.4, -0.2) is 54.9 Å². The molecule has 10 heteroatoms. The number of benzene rings is 2. The zero-order valence-electron chi connectivity index (χ0n) is 19.4. The molecule has 0 bridgehead atoms. The Kier molecular flexibility index (Phi) is 8.42. The first-order valence-corrected chi connectivity index (χ1v) is 11.3. The number of nitrogens with zero attached hydrogens (tertiary/aromatic N) is 3. The number of thioether (sulfide) groups is 1. The first kappa shape index (κ1) is 24.2. The molecule has 0 spiro atoms. The maximum Gasteiger partial charge on any atom is 0.230 e. The summed E-state index contributed by atoms with van der Waals surface area (Å²) in [5.41, 5.74) is 1.69. The Labute approximate surface area is 197 Å². The van der Waals surface area contributed by atoms with E-state index < -0.39 is 0 Å². The Bertz CT molecular complexity index is 1080. The zero-order chi connectivity index (χ0) is 23.8. The van der Waals surface area contributed by atoms with E-state index in [2.05, 4.69) is 15.5 Å². The van der Waals surface area contributed by atoms with E-state index in [1.54, 1.807) is 28.4 Å². The number of aromatic nitrogens is 3. The van der Waals surface area contributed by atoms with E-state index in [4.69, 9.17) is 18.9 Å². The lowest BCUT2D eigenvalue weighted by Crippen LogP contribution is -2.24. The van der Waals surface area contributed by atoms with Crippen LogP contribution in [0.1, 0.15) is 12.5 Å². The van der Waals surface area contributed by atoms with Crippen molar-refractivity contribution in [3.05, 3.63) is 42.0 Å². The number of hydrogen-bond donors (Lipinski definition) is 1. The van der Waals surface area contributed by atoms with Gasteiger partial charge < -0.3 is 28.8 Å². The van der Waals surface area contributed by atoms with Crippen LogP contribution in [0.3, 0.4) is 0 Å². The van der Waals surface area contributed by atoms with Crippen molar-refractivity contribution in [2.45, 2.75) is 25.2 Å². The molecule has 0 saturated heterocycles. The molecular weight excluding hydrogens is 444 g/mol. The molecule has 9 nitrogen and oxygen atoms in total. The van der Waals surface area contributed by atoms with Gasteiger partial charge in [0.05, 0.1) is 39.8 Å². The van der Waals surface area contributed by atoms with Crippen molar-refractivity contribution in [3.63, 3.8) is 0 Å². The van der Waals surface area contributed by atoms with Crippen LogP contribution in [0, 0.1) is 0 Å². The van der Waals surface area contributed by atoms with Crippen LogP contribution in [0.15, 0.2) is 41.6 Å². The average molecular weight is 473 g/mol. The lowest BCUT2D eigenvalue weighted by Gasteiger charge is -2.14. The summed E-state index contributed by atoms with van der Waals surface area (Å²) in [5.74, 6) is 3.09. The second-order valence-electron chi connectivity index (χ2n) is 6.85. The SMILES string of the molecule is CCn1c(SCC(=O)NCc2cc(OC)c(OC)c(OC)c2)nnc1-c1ccccc1OC. The van der Waals surface area contributed by atoms with Crippen LogP contribution in [-0.2, 0) is 17.9 Å². The predicted molar refractivity (Wildman–Crippen MR) is 126 cm³/mol. The van der Waals surface area contributed by atoms with E-state index in [1.807, 2.05) is 47.9 Å². The zero-order valence-corrected chi connectivity index (χ0v) is 20.2. The standard InChI is InChI=1S/C23H28N4O5S/c1-6-27-22(16-9-7-8-10-17(16)29-2)25-26-23(27)33-14-20(28)24-13-15-11-18(30-3)21(32-5)19(12-15)31-4/h7-12H,6,13-14H2,1-5H3,(H,24,28). The molecule has 1 N–H and O–H groups in total. The molecule has 3 aromatic rings. The van der Waals surface area contributed by atoms with Gasteiger partial charge in [0.1, 0.15) is 5.75 Å². The number of ether oxygens (including phenoxy) is 4. The summed E-state index contributed by atoms with van der Waals surface area (Å²) in [6.45, 7) is 3.00. The first-order chi connectivity index (χ1) is 16.1. The van der Waals surface area contributed by atoms with E-state index >= 15 is 0 Å². The summed E-state index contributed by atoms with van der Waals surface area (Å²) in [4.78, 5) is 12.5. The fourth-order valence-corrected chi connectivity index (χ4v) is 4.16. The summed E-state index contributed by atoms with van der Waals surface area (Å²) in [5, 5.41) is 12.2. The molecule has 3 rings (SSSR count). The molecule has 0 saturated carbocycles. The number of para-hydroxylation sites is 1. The van der Waals surface area contributed by atoms with E-state index in [1.165, 1.54) is 11.8 Å². The summed E-state index contributed by atoms with van der Waals surface area (Å²) in [6.07, 6.45) is 0. The largest absolute Gasteiger partial charge is 0.496 e. The smallest absolute Gasteiger partial charge is 0.230 e. The van der Waals surface area contributed by atoms with Gasteiger partial charge in [-0.3, -0.25) is 4.79 Å². The lowest BCUT2D eigenvalue weighted by atomic mass is 10.2. The number of hydrogen-bond acceptors (Lipinski definition) is 8. The van der Waals surface area contributed by atoms with E-state index in [-0.39, 0.29) is 11.7 Å². The van der Waals surface area contributed by atoms with Crippen LogP contribution in [0.25, 0.3) is 11.4 Å². The third kappa shape index (κ3) is 5.51. The normalized spacial score (nSPS) is 10.6. The van der Waals surface area contributed by atoms with Gasteiger partial charge in [0.15, 0.2) is 22.5 Å². The molecule has 0 unspecified atom stereocenters. The van der Waals surface area contributed by atoms with Crippen molar-refractivity contribution in [1.29, 1.82) is 0 Å². The Balaban J connectivity index is 1.66. The molecule has 0 atom stereocenters. The molecule has 0 aliphatic rings. The van der Waals surface area contributed by atoms with Crippen molar-refractivity contribution in [2.24, 2.45) is 0 Å². The fraction of sp³-hybridized carbons (Fsp3) is 0.348. The van der Waals surface area contributed by atoms with Crippen molar-refractivity contribution in [2.75, 3.05) is 34.2 Å². The molecule has 1 heterocycles. The molecule has 2 aromatic carbocycles. The Morgan fingerprint density at radius 2 is 1.64 bits per heavy atom. The highest BCUT2D eigenvalue weighted by atomic mass is 32.2. The number of carbonyl (C=O) groups is 1. The topological polar surface area (TPSA) is 96.7 Å². The maximum absolute atomic E-state index is 12.5. The van der Waals surface area contributed by atoms with Gasteiger partial charge in [-0.25, -0.2) is 0 Å². The monoisotopic (exact) mass is 472 g/mol. The van der Waals surface area contributed by atoms with Gasteiger partial charge in [0, 0.05) is 13.1 Å². The summed E-state index contributed by atoms with van der Waals surface area (Å²) in [7, 11) is 6.28. The van der Waals surface area contributed by atoms with Gasteiger partial charge in [-0.1, -0.05) is 23.9 Å². The van der Waals surface area contributed by atoms with Gasteiger partial charge in [-0.05, 0) is 36.8 Å². The van der Waals surface area contributed by atoms with Crippen molar-refractivity contribution >= 4 is 17.7 Å². The average Bonchev–Trinajstić information content (AvgIpc) is 3.27. The second-order valence-corrected chi connectivity index (χ2v) is 7.79. The highest BCUT2D eigenvalue weighted by molar-refractivity contribution is 7.99. The molecule has 1 amide bonds. The highest BCUT2D eigenvalue weighted by Gasteiger charge is 2.18. The number of amides is 1. The fourth-order valence-electron chi connectivity index (χ4n) is 3.33. The third-order valence-corrected chi connectivity index (χ3v) is 5.89. The minimum Gasteiger partial charge on any atom is -0.496 e. The van der Waals surface area contributed by atoms with E-state index in [0.717, 1.165) is 16.9 Å². The van der Waals surface area contributed by atoms with Crippen LogP contribution in [0.4, 0.5) is 0 Å². The van der Waals surface area contributed by atoms with E-state index in [9.17, 15) is 4.79 Å². The molecule has 33 heavy (non-hydrogen) atoms. The van der Waals surface area contributed by atoms with Gasteiger partial charge in [0.25, 0.3) is 0 Å². The third-order valence-electron chi connectivity index (χ3n) is 4.93.